The number of carboxylic acid groups (broad SMARTS) is 1. The molecule has 1 aromatic carbocycles. The smallest absolute Gasteiger partial charge is 0.320 e. The first-order chi connectivity index (χ1) is 7.83. The Labute approximate surface area is 104 Å². The molecule has 1 aliphatic carbocycles. The van der Waals surface area contributed by atoms with Crippen LogP contribution in [0.4, 0.5) is 4.39 Å². The molecule has 2 rings (SSSR count). The number of carboxylic acids is 1. The quantitative estimate of drug-likeness (QED) is 0.896. The third-order valence-electron chi connectivity index (χ3n) is 3.04. The molecule has 1 fully saturated rings. The largest absolute Gasteiger partial charge is 0.480 e. The molecule has 0 atom stereocenters. The zero-order chi connectivity index (χ0) is 12.7. The van der Waals surface area contributed by atoms with Crippen LogP contribution in [0.3, 0.4) is 0 Å². The Morgan fingerprint density at radius 2 is 1.82 bits per heavy atom. The van der Waals surface area contributed by atoms with Gasteiger partial charge in [-0.2, -0.15) is 0 Å². The van der Waals surface area contributed by atoms with Crippen LogP contribution in [-0.4, -0.2) is 15.8 Å². The summed E-state index contributed by atoms with van der Waals surface area (Å²) in [6.45, 7) is 4.14. The molecule has 1 saturated carbocycles. The lowest BCUT2D eigenvalue weighted by atomic mass is 9.64. The fourth-order valence-electron chi connectivity index (χ4n) is 2.49. The van der Waals surface area contributed by atoms with Crippen molar-refractivity contribution in [3.8, 4) is 0 Å². The Morgan fingerprint density at radius 1 is 1.29 bits per heavy atom. The summed E-state index contributed by atoms with van der Waals surface area (Å²) in [7, 11) is 0. The molecule has 0 saturated heterocycles. The maximum absolute atomic E-state index is 12.8. The van der Waals surface area contributed by atoms with E-state index in [2.05, 4.69) is 13.8 Å². The average molecular weight is 254 g/mol. The molecule has 0 radical (unpaired) electrons. The molecule has 0 amide bonds. The van der Waals surface area contributed by atoms with E-state index in [0.29, 0.717) is 12.8 Å². The lowest BCUT2D eigenvalue weighted by Gasteiger charge is -2.49. The Bertz CT molecular complexity index is 431. The summed E-state index contributed by atoms with van der Waals surface area (Å²) >= 11 is 1.33. The molecule has 92 valence electrons. The van der Waals surface area contributed by atoms with E-state index >= 15 is 0 Å². The van der Waals surface area contributed by atoms with Crippen molar-refractivity contribution in [1.82, 2.24) is 0 Å². The Kier molecular flexibility index (Phi) is 2.94. The van der Waals surface area contributed by atoms with Crippen LogP contribution in [0.5, 0.6) is 0 Å². The van der Waals surface area contributed by atoms with Crippen LogP contribution in [0.2, 0.25) is 0 Å². The van der Waals surface area contributed by atoms with Crippen LogP contribution in [0.25, 0.3) is 0 Å². The predicted molar refractivity (Wildman–Crippen MR) is 65.6 cm³/mol. The van der Waals surface area contributed by atoms with Crippen LogP contribution in [0.15, 0.2) is 29.2 Å². The molecule has 1 N–H and O–H groups in total. The fraction of sp³-hybridized carbons (Fsp3) is 0.462. The second-order valence-electron chi connectivity index (χ2n) is 5.37. The Balaban J connectivity index is 2.15. The molecule has 17 heavy (non-hydrogen) atoms. The zero-order valence-corrected chi connectivity index (χ0v) is 10.7. The molecule has 2 nitrogen and oxygen atoms in total. The minimum atomic E-state index is -0.772. The monoisotopic (exact) mass is 254 g/mol. The van der Waals surface area contributed by atoms with Crippen LogP contribution in [0, 0.1) is 11.2 Å². The summed E-state index contributed by atoms with van der Waals surface area (Å²) < 4.78 is 12.0. The van der Waals surface area contributed by atoms with Crippen molar-refractivity contribution in [2.24, 2.45) is 5.41 Å². The van der Waals surface area contributed by atoms with Gasteiger partial charge in [0.1, 0.15) is 10.6 Å². The van der Waals surface area contributed by atoms with Crippen molar-refractivity contribution in [2.45, 2.75) is 36.3 Å². The zero-order valence-electron chi connectivity index (χ0n) is 9.87. The normalized spacial score (nSPS) is 20.6. The number of rotatable bonds is 3. The van der Waals surface area contributed by atoms with Gasteiger partial charge in [-0.25, -0.2) is 4.39 Å². The van der Waals surface area contributed by atoms with Crippen LogP contribution >= 0.6 is 11.8 Å². The molecular formula is C13H15FO2S. The standard InChI is InChI=1S/C13H15FO2S/c1-12(2)7-13(8-12,11(15)16)17-10-5-3-9(14)4-6-10/h3-6H,7-8H2,1-2H3,(H,15,16). The minimum absolute atomic E-state index is 0.0887. The third kappa shape index (κ3) is 2.46. The first kappa shape index (κ1) is 12.4. The third-order valence-corrected chi connectivity index (χ3v) is 4.41. The number of carbonyl (C=O) groups is 1. The van der Waals surface area contributed by atoms with Gasteiger partial charge in [0.2, 0.25) is 0 Å². The number of benzene rings is 1. The molecular weight excluding hydrogens is 239 g/mol. The highest BCUT2D eigenvalue weighted by atomic mass is 32.2. The van der Waals surface area contributed by atoms with Crippen molar-refractivity contribution >= 4 is 17.7 Å². The van der Waals surface area contributed by atoms with Crippen molar-refractivity contribution in [1.29, 1.82) is 0 Å². The fourth-order valence-corrected chi connectivity index (χ4v) is 4.23. The summed E-state index contributed by atoms with van der Waals surface area (Å²) in [6, 6.07) is 6.00. The lowest BCUT2D eigenvalue weighted by molar-refractivity contribution is -0.145. The van der Waals surface area contributed by atoms with Crippen LogP contribution in [0.1, 0.15) is 26.7 Å². The van der Waals surface area contributed by atoms with E-state index in [9.17, 15) is 14.3 Å². The van der Waals surface area contributed by atoms with Crippen LogP contribution < -0.4 is 0 Å². The molecule has 0 aromatic heterocycles. The number of aliphatic carboxylic acids is 1. The average Bonchev–Trinajstić information content (AvgIpc) is 2.18. The molecule has 1 aromatic rings. The van der Waals surface area contributed by atoms with Gasteiger partial charge in [-0.3, -0.25) is 4.79 Å². The molecule has 0 unspecified atom stereocenters. The topological polar surface area (TPSA) is 37.3 Å². The highest BCUT2D eigenvalue weighted by Gasteiger charge is 2.55. The SMILES string of the molecule is CC1(C)CC(Sc2ccc(F)cc2)(C(=O)O)C1. The molecule has 1 aliphatic rings. The summed E-state index contributed by atoms with van der Waals surface area (Å²) in [5.41, 5.74) is 0.0887. The van der Waals surface area contributed by atoms with E-state index in [1.807, 2.05) is 0 Å². The van der Waals surface area contributed by atoms with Crippen molar-refractivity contribution < 1.29 is 14.3 Å². The van der Waals surface area contributed by atoms with Gasteiger partial charge in [-0.05, 0) is 42.5 Å². The molecule has 0 spiro atoms. The number of hydrogen-bond donors (Lipinski definition) is 1. The highest BCUT2D eigenvalue weighted by molar-refractivity contribution is 8.01. The van der Waals surface area contributed by atoms with E-state index < -0.39 is 10.7 Å². The summed E-state index contributed by atoms with van der Waals surface area (Å²) in [4.78, 5) is 12.2. The predicted octanol–water partition coefficient (Wildman–Crippen LogP) is 3.56. The van der Waals surface area contributed by atoms with Gasteiger partial charge in [-0.15, -0.1) is 11.8 Å². The van der Waals surface area contributed by atoms with Gasteiger partial charge in [-0.1, -0.05) is 13.8 Å². The number of thioether (sulfide) groups is 1. The van der Waals surface area contributed by atoms with Gasteiger partial charge in [0.15, 0.2) is 0 Å². The molecule has 0 aliphatic heterocycles. The first-order valence-electron chi connectivity index (χ1n) is 5.51. The van der Waals surface area contributed by atoms with Gasteiger partial charge in [0.25, 0.3) is 0 Å². The van der Waals surface area contributed by atoms with E-state index in [-0.39, 0.29) is 11.2 Å². The molecule has 4 heteroatoms. The maximum atomic E-state index is 12.8. The summed E-state index contributed by atoms with van der Waals surface area (Å²) in [6.07, 6.45) is 1.30. The molecule has 0 heterocycles. The summed E-state index contributed by atoms with van der Waals surface area (Å²) in [5, 5.41) is 9.34. The number of hydrogen-bond acceptors (Lipinski definition) is 2. The van der Waals surface area contributed by atoms with Gasteiger partial charge in [0, 0.05) is 4.90 Å². The summed E-state index contributed by atoms with van der Waals surface area (Å²) in [5.74, 6) is -1.07. The van der Waals surface area contributed by atoms with Crippen molar-refractivity contribution in [2.75, 3.05) is 0 Å². The Hall–Kier alpha value is -1.03. The molecule has 0 bridgehead atoms. The van der Waals surface area contributed by atoms with E-state index in [4.69, 9.17) is 0 Å². The van der Waals surface area contributed by atoms with Crippen molar-refractivity contribution in [3.05, 3.63) is 30.1 Å². The second-order valence-corrected chi connectivity index (χ2v) is 6.83. The Morgan fingerprint density at radius 3 is 2.24 bits per heavy atom. The van der Waals surface area contributed by atoms with Gasteiger partial charge < -0.3 is 5.11 Å². The first-order valence-corrected chi connectivity index (χ1v) is 6.33. The van der Waals surface area contributed by atoms with Crippen LogP contribution in [-0.2, 0) is 4.79 Å². The van der Waals surface area contributed by atoms with Gasteiger partial charge >= 0.3 is 5.97 Å². The second kappa shape index (κ2) is 4.02. The van der Waals surface area contributed by atoms with Gasteiger partial charge in [0.05, 0.1) is 0 Å². The highest BCUT2D eigenvalue weighted by Crippen LogP contribution is 2.57. The van der Waals surface area contributed by atoms with E-state index in [1.165, 1.54) is 23.9 Å². The lowest BCUT2D eigenvalue weighted by Crippen LogP contribution is -2.52. The van der Waals surface area contributed by atoms with E-state index in [0.717, 1.165) is 4.90 Å². The maximum Gasteiger partial charge on any atom is 0.320 e. The van der Waals surface area contributed by atoms with Crippen molar-refractivity contribution in [3.63, 3.8) is 0 Å². The minimum Gasteiger partial charge on any atom is -0.480 e. The van der Waals surface area contributed by atoms with E-state index in [1.54, 1.807) is 12.1 Å². The number of halogens is 1.